The van der Waals surface area contributed by atoms with Crippen LogP contribution in [0, 0.1) is 5.41 Å². The summed E-state index contributed by atoms with van der Waals surface area (Å²) in [7, 11) is -3.35. The Labute approximate surface area is 165 Å². The van der Waals surface area contributed by atoms with E-state index in [4.69, 9.17) is 17.0 Å². The molecule has 2 aromatic rings. The molecule has 142 valence electrons. The molecule has 0 spiro atoms. The third-order valence-electron chi connectivity index (χ3n) is 4.68. The van der Waals surface area contributed by atoms with Crippen LogP contribution >= 0.6 is 22.9 Å². The first-order chi connectivity index (χ1) is 12.7. The van der Waals surface area contributed by atoms with Crippen LogP contribution in [0.25, 0.3) is 16.8 Å². The molecule has 3 N–H and O–H groups in total. The first kappa shape index (κ1) is 18.4. The van der Waals surface area contributed by atoms with Crippen molar-refractivity contribution in [3.8, 4) is 11.3 Å². The minimum Gasteiger partial charge on any atom is -0.510 e. The maximum absolute atomic E-state index is 11.8. The highest BCUT2D eigenvalue weighted by atomic mass is 35.5. The number of nitrogens with one attached hydrogen (secondary N) is 1. The number of halogens is 1. The fourth-order valence-electron chi connectivity index (χ4n) is 3.36. The molecule has 3 heterocycles. The van der Waals surface area contributed by atoms with Gasteiger partial charge in [-0.15, -0.1) is 11.3 Å². The molecule has 1 aromatic heterocycles. The second-order valence-corrected chi connectivity index (χ2v) is 10.0. The molecule has 27 heavy (non-hydrogen) atoms. The summed E-state index contributed by atoms with van der Waals surface area (Å²) in [6.07, 6.45) is -1.08. The average Bonchev–Trinajstić information content (AvgIpc) is 3.24. The zero-order valence-electron chi connectivity index (χ0n) is 14.0. The van der Waals surface area contributed by atoms with Gasteiger partial charge in [0, 0.05) is 16.0 Å². The van der Waals surface area contributed by atoms with Crippen molar-refractivity contribution < 1.29 is 18.6 Å². The van der Waals surface area contributed by atoms with Gasteiger partial charge >= 0.3 is 0 Å². The van der Waals surface area contributed by atoms with Gasteiger partial charge in [0.25, 0.3) is 0 Å². The van der Waals surface area contributed by atoms with E-state index in [0.717, 1.165) is 5.56 Å². The molecular weight excluding hydrogens is 410 g/mol. The molecule has 0 bridgehead atoms. The molecule has 2 unspecified atom stereocenters. The summed E-state index contributed by atoms with van der Waals surface area (Å²) in [5, 5.41) is 31.8. The lowest BCUT2D eigenvalue weighted by atomic mass is 10.1. The van der Waals surface area contributed by atoms with E-state index >= 15 is 0 Å². The van der Waals surface area contributed by atoms with Crippen LogP contribution in [0.4, 0.5) is 0 Å². The molecule has 1 aromatic carbocycles. The van der Waals surface area contributed by atoms with Gasteiger partial charge in [-0.1, -0.05) is 23.7 Å². The average molecular weight is 426 g/mol. The maximum atomic E-state index is 11.8. The molecule has 0 amide bonds. The highest BCUT2D eigenvalue weighted by Gasteiger charge is 2.44. The van der Waals surface area contributed by atoms with Crippen LogP contribution in [-0.2, 0) is 9.84 Å². The zero-order chi connectivity index (χ0) is 19.3. The molecular formula is C17H16ClN3O4S2. The summed E-state index contributed by atoms with van der Waals surface area (Å²) in [4.78, 5) is 5.94. The fraction of sp³-hybridized carbons (Fsp3) is 0.294. The topological polar surface area (TPSA) is 115 Å². The number of aliphatic hydroxyl groups is 2. The van der Waals surface area contributed by atoms with E-state index in [2.05, 4.69) is 4.98 Å². The third-order valence-corrected chi connectivity index (χ3v) is 7.50. The second-order valence-electron chi connectivity index (χ2n) is 6.55. The van der Waals surface area contributed by atoms with Gasteiger partial charge in [-0.2, -0.15) is 0 Å². The maximum Gasteiger partial charge on any atom is 0.155 e. The van der Waals surface area contributed by atoms with Crippen LogP contribution in [0.5, 0.6) is 0 Å². The summed E-state index contributed by atoms with van der Waals surface area (Å²) in [5.41, 5.74) is 1.83. The third kappa shape index (κ3) is 3.36. The Balaban J connectivity index is 1.60. The van der Waals surface area contributed by atoms with E-state index in [1.165, 1.54) is 16.2 Å². The number of nitrogens with zero attached hydrogens (tertiary/aromatic N) is 2. The van der Waals surface area contributed by atoms with Crippen LogP contribution in [-0.4, -0.2) is 64.5 Å². The Morgan fingerprint density at radius 1 is 1.26 bits per heavy atom. The number of rotatable bonds is 3. The highest BCUT2D eigenvalue weighted by Crippen LogP contribution is 2.34. The Morgan fingerprint density at radius 2 is 1.96 bits per heavy atom. The number of sulfone groups is 1. The SMILES string of the molecule is N=C1C(c2nc(-c3ccc(Cl)cc3)cs2)=C(O)CN1C1CS(=O)(=O)CC1O. The van der Waals surface area contributed by atoms with Gasteiger partial charge in [-0.25, -0.2) is 13.4 Å². The van der Waals surface area contributed by atoms with E-state index in [0.29, 0.717) is 15.7 Å². The first-order valence-corrected chi connectivity index (χ1v) is 11.2. The molecule has 7 nitrogen and oxygen atoms in total. The van der Waals surface area contributed by atoms with Crippen molar-refractivity contribution in [2.75, 3.05) is 18.1 Å². The molecule has 4 rings (SSSR count). The van der Waals surface area contributed by atoms with Crippen molar-refractivity contribution >= 4 is 44.2 Å². The van der Waals surface area contributed by atoms with Crippen molar-refractivity contribution in [3.05, 3.63) is 45.4 Å². The van der Waals surface area contributed by atoms with Crippen molar-refractivity contribution in [1.29, 1.82) is 5.41 Å². The molecule has 0 aliphatic carbocycles. The van der Waals surface area contributed by atoms with E-state index in [9.17, 15) is 18.6 Å². The molecule has 2 aliphatic rings. The van der Waals surface area contributed by atoms with Crippen molar-refractivity contribution in [3.63, 3.8) is 0 Å². The van der Waals surface area contributed by atoms with E-state index < -0.39 is 22.0 Å². The number of hydrogen-bond donors (Lipinski definition) is 3. The van der Waals surface area contributed by atoms with Crippen LogP contribution in [0.15, 0.2) is 35.4 Å². The van der Waals surface area contributed by atoms with Crippen LogP contribution in [0.2, 0.25) is 5.02 Å². The predicted molar refractivity (Wildman–Crippen MR) is 105 cm³/mol. The zero-order valence-corrected chi connectivity index (χ0v) is 16.4. The summed E-state index contributed by atoms with van der Waals surface area (Å²) in [5.74, 6) is -0.625. The fourth-order valence-corrected chi connectivity index (χ4v) is 6.18. The summed E-state index contributed by atoms with van der Waals surface area (Å²) < 4.78 is 23.6. The van der Waals surface area contributed by atoms with Gasteiger partial charge in [-0.05, 0) is 12.1 Å². The standard InChI is InChI=1S/C17H16ClN3O4S2/c18-10-3-1-9(2-4-10)11-6-26-17(20-11)15-13(22)5-21(16(15)19)12-7-27(24,25)8-14(12)23/h1-4,6,12,14,19,22-23H,5,7-8H2. The Bertz CT molecular complexity index is 1050. The minimum atomic E-state index is -3.35. The quantitative estimate of drug-likeness (QED) is 0.694. The number of hydrogen-bond acceptors (Lipinski definition) is 7. The molecule has 2 aliphatic heterocycles. The summed E-state index contributed by atoms with van der Waals surface area (Å²) in [6, 6.07) is 6.45. The summed E-state index contributed by atoms with van der Waals surface area (Å²) >= 11 is 7.19. The Morgan fingerprint density at radius 3 is 2.59 bits per heavy atom. The first-order valence-electron chi connectivity index (χ1n) is 8.13. The van der Waals surface area contributed by atoms with Gasteiger partial charge in [0.05, 0.1) is 41.5 Å². The predicted octanol–water partition coefficient (Wildman–Crippen LogP) is 2.18. The van der Waals surface area contributed by atoms with Gasteiger partial charge in [0.15, 0.2) is 9.84 Å². The van der Waals surface area contributed by atoms with Gasteiger partial charge in [0.2, 0.25) is 0 Å². The van der Waals surface area contributed by atoms with E-state index in [1.54, 1.807) is 12.1 Å². The molecule has 0 saturated carbocycles. The second kappa shape index (κ2) is 6.59. The van der Waals surface area contributed by atoms with E-state index in [1.807, 2.05) is 17.5 Å². The van der Waals surface area contributed by atoms with Gasteiger partial charge < -0.3 is 15.1 Å². The Kier molecular flexibility index (Phi) is 4.50. The van der Waals surface area contributed by atoms with Gasteiger partial charge in [0.1, 0.15) is 16.6 Å². The van der Waals surface area contributed by atoms with Crippen molar-refractivity contribution in [2.24, 2.45) is 0 Å². The molecule has 1 saturated heterocycles. The number of amidine groups is 1. The summed E-state index contributed by atoms with van der Waals surface area (Å²) in [6.45, 7) is -0.0126. The molecule has 10 heteroatoms. The van der Waals surface area contributed by atoms with E-state index in [-0.39, 0.29) is 35.2 Å². The smallest absolute Gasteiger partial charge is 0.155 e. The van der Waals surface area contributed by atoms with Crippen LogP contribution in [0.3, 0.4) is 0 Å². The normalized spacial score (nSPS) is 24.8. The Hall–Kier alpha value is -1.94. The lowest BCUT2D eigenvalue weighted by Crippen LogP contribution is -2.44. The lowest BCUT2D eigenvalue weighted by molar-refractivity contribution is 0.124. The monoisotopic (exact) mass is 425 g/mol. The lowest BCUT2D eigenvalue weighted by Gasteiger charge is -2.27. The van der Waals surface area contributed by atoms with Crippen molar-refractivity contribution in [2.45, 2.75) is 12.1 Å². The molecule has 2 atom stereocenters. The number of benzene rings is 1. The molecule has 1 fully saturated rings. The highest BCUT2D eigenvalue weighted by molar-refractivity contribution is 7.91. The van der Waals surface area contributed by atoms with Crippen LogP contribution < -0.4 is 0 Å². The van der Waals surface area contributed by atoms with Crippen molar-refractivity contribution in [1.82, 2.24) is 9.88 Å². The van der Waals surface area contributed by atoms with Gasteiger partial charge in [-0.3, -0.25) is 5.41 Å². The molecule has 0 radical (unpaired) electrons. The minimum absolute atomic E-state index is 0.0126. The number of aliphatic hydroxyl groups excluding tert-OH is 2. The number of thiazole rings is 1. The number of aromatic nitrogens is 1. The van der Waals surface area contributed by atoms with Crippen LogP contribution in [0.1, 0.15) is 5.01 Å². The largest absolute Gasteiger partial charge is 0.510 e.